The van der Waals surface area contributed by atoms with Crippen molar-refractivity contribution in [3.8, 4) is 0 Å². The van der Waals surface area contributed by atoms with Gasteiger partial charge in [0.2, 0.25) is 0 Å². The molecule has 1 aliphatic carbocycles. The van der Waals surface area contributed by atoms with E-state index in [1.54, 1.807) is 0 Å². The maximum absolute atomic E-state index is 5.47. The maximum Gasteiger partial charge on any atom is 0.0586 e. The van der Waals surface area contributed by atoms with Gasteiger partial charge in [-0.25, -0.2) is 0 Å². The van der Waals surface area contributed by atoms with Crippen molar-refractivity contribution in [3.05, 3.63) is 0 Å². The SMILES string of the molecule is COC1CCC(NC2CCCOCC2)C1. The molecule has 2 aliphatic rings. The number of nitrogens with one attached hydrogen (secondary N) is 1. The van der Waals surface area contributed by atoms with Gasteiger partial charge in [0.05, 0.1) is 6.10 Å². The Hall–Kier alpha value is -0.120. The van der Waals surface area contributed by atoms with Crippen molar-refractivity contribution in [1.82, 2.24) is 5.32 Å². The van der Waals surface area contributed by atoms with Gasteiger partial charge in [-0.3, -0.25) is 0 Å². The molecule has 2 fully saturated rings. The second-order valence-corrected chi connectivity index (χ2v) is 4.77. The van der Waals surface area contributed by atoms with E-state index in [4.69, 9.17) is 9.47 Å². The van der Waals surface area contributed by atoms with Crippen molar-refractivity contribution in [2.24, 2.45) is 0 Å². The van der Waals surface area contributed by atoms with Crippen LogP contribution in [0.4, 0.5) is 0 Å². The summed E-state index contributed by atoms with van der Waals surface area (Å²) in [6.45, 7) is 1.88. The zero-order valence-electron chi connectivity index (χ0n) is 9.71. The minimum Gasteiger partial charge on any atom is -0.381 e. The first-order valence-electron chi connectivity index (χ1n) is 6.25. The Morgan fingerprint density at radius 3 is 2.80 bits per heavy atom. The summed E-state index contributed by atoms with van der Waals surface area (Å²) in [4.78, 5) is 0. The summed E-state index contributed by atoms with van der Waals surface area (Å²) < 4.78 is 10.9. The Morgan fingerprint density at radius 2 is 2.00 bits per heavy atom. The third kappa shape index (κ3) is 3.44. The first-order chi connectivity index (χ1) is 7.38. The van der Waals surface area contributed by atoms with Crippen LogP contribution in [0.25, 0.3) is 0 Å². The Morgan fingerprint density at radius 1 is 1.07 bits per heavy atom. The minimum atomic E-state index is 0.490. The number of methoxy groups -OCH3 is 1. The van der Waals surface area contributed by atoms with E-state index in [0.29, 0.717) is 18.2 Å². The Bertz CT molecular complexity index is 178. The first-order valence-corrected chi connectivity index (χ1v) is 6.25. The molecule has 3 heteroatoms. The lowest BCUT2D eigenvalue weighted by molar-refractivity contribution is 0.106. The summed E-state index contributed by atoms with van der Waals surface area (Å²) in [5, 5.41) is 3.76. The topological polar surface area (TPSA) is 30.5 Å². The molecule has 0 aromatic rings. The predicted octanol–water partition coefficient (Wildman–Crippen LogP) is 1.71. The molecule has 0 radical (unpaired) electrons. The highest BCUT2D eigenvalue weighted by molar-refractivity contribution is 4.84. The first kappa shape index (κ1) is 11.4. The fraction of sp³-hybridized carbons (Fsp3) is 1.00. The van der Waals surface area contributed by atoms with Crippen LogP contribution in [-0.2, 0) is 9.47 Å². The second kappa shape index (κ2) is 5.83. The van der Waals surface area contributed by atoms with Crippen molar-refractivity contribution in [3.63, 3.8) is 0 Å². The molecule has 0 bridgehead atoms. The van der Waals surface area contributed by atoms with Gasteiger partial charge in [0.15, 0.2) is 0 Å². The van der Waals surface area contributed by atoms with Gasteiger partial charge in [-0.1, -0.05) is 0 Å². The summed E-state index contributed by atoms with van der Waals surface area (Å²) in [5.74, 6) is 0. The van der Waals surface area contributed by atoms with Crippen LogP contribution < -0.4 is 5.32 Å². The van der Waals surface area contributed by atoms with Gasteiger partial charge in [0.25, 0.3) is 0 Å². The minimum absolute atomic E-state index is 0.490. The van der Waals surface area contributed by atoms with E-state index in [1.807, 2.05) is 7.11 Å². The Kier molecular flexibility index (Phi) is 4.42. The molecule has 1 heterocycles. The smallest absolute Gasteiger partial charge is 0.0586 e. The van der Waals surface area contributed by atoms with E-state index < -0.39 is 0 Å². The molecule has 0 spiro atoms. The molecule has 3 atom stereocenters. The van der Waals surface area contributed by atoms with Crippen LogP contribution in [0.5, 0.6) is 0 Å². The molecule has 88 valence electrons. The number of hydrogen-bond donors (Lipinski definition) is 1. The predicted molar refractivity (Wildman–Crippen MR) is 60.0 cm³/mol. The number of ether oxygens (including phenoxy) is 2. The highest BCUT2D eigenvalue weighted by Crippen LogP contribution is 2.23. The molecule has 0 aromatic carbocycles. The second-order valence-electron chi connectivity index (χ2n) is 4.77. The molecule has 2 rings (SSSR count). The number of hydrogen-bond acceptors (Lipinski definition) is 3. The molecule has 3 unspecified atom stereocenters. The average Bonchev–Trinajstić information content (AvgIpc) is 2.54. The molecule has 0 amide bonds. The zero-order chi connectivity index (χ0) is 10.5. The van der Waals surface area contributed by atoms with E-state index >= 15 is 0 Å². The summed E-state index contributed by atoms with van der Waals surface area (Å²) in [6.07, 6.45) is 7.83. The lowest BCUT2D eigenvalue weighted by Gasteiger charge is -2.21. The summed E-state index contributed by atoms with van der Waals surface area (Å²) >= 11 is 0. The summed E-state index contributed by atoms with van der Waals surface area (Å²) in [7, 11) is 1.83. The molecular formula is C12H23NO2. The lowest BCUT2D eigenvalue weighted by atomic mass is 10.1. The normalized spacial score (nSPS) is 37.8. The lowest BCUT2D eigenvalue weighted by Crippen LogP contribution is -2.37. The number of rotatable bonds is 3. The monoisotopic (exact) mass is 213 g/mol. The quantitative estimate of drug-likeness (QED) is 0.774. The van der Waals surface area contributed by atoms with Gasteiger partial charge in [-0.05, 0) is 38.5 Å². The van der Waals surface area contributed by atoms with Gasteiger partial charge < -0.3 is 14.8 Å². The van der Waals surface area contributed by atoms with E-state index in [1.165, 1.54) is 38.5 Å². The largest absolute Gasteiger partial charge is 0.381 e. The van der Waals surface area contributed by atoms with Crippen LogP contribution in [0, 0.1) is 0 Å². The summed E-state index contributed by atoms with van der Waals surface area (Å²) in [5.41, 5.74) is 0. The molecule has 3 nitrogen and oxygen atoms in total. The van der Waals surface area contributed by atoms with Crippen LogP contribution in [0.15, 0.2) is 0 Å². The van der Waals surface area contributed by atoms with E-state index in [2.05, 4.69) is 5.32 Å². The third-order valence-electron chi connectivity index (χ3n) is 3.64. The standard InChI is InChI=1S/C12H23NO2/c1-14-12-5-4-11(9-12)13-10-3-2-7-15-8-6-10/h10-13H,2-9H2,1H3. The van der Waals surface area contributed by atoms with Crippen LogP contribution in [0.2, 0.25) is 0 Å². The molecule has 15 heavy (non-hydrogen) atoms. The van der Waals surface area contributed by atoms with Gasteiger partial charge >= 0.3 is 0 Å². The molecule has 1 aliphatic heterocycles. The van der Waals surface area contributed by atoms with Crippen molar-refractivity contribution in [1.29, 1.82) is 0 Å². The van der Waals surface area contributed by atoms with Crippen molar-refractivity contribution >= 4 is 0 Å². The highest BCUT2D eigenvalue weighted by atomic mass is 16.5. The molecule has 1 N–H and O–H groups in total. The fourth-order valence-corrected chi connectivity index (χ4v) is 2.71. The molecule has 1 saturated carbocycles. The van der Waals surface area contributed by atoms with Gasteiger partial charge in [-0.2, -0.15) is 0 Å². The molecule has 0 aromatic heterocycles. The third-order valence-corrected chi connectivity index (χ3v) is 3.64. The van der Waals surface area contributed by atoms with E-state index in [9.17, 15) is 0 Å². The summed E-state index contributed by atoms with van der Waals surface area (Å²) in [6, 6.07) is 1.35. The fourth-order valence-electron chi connectivity index (χ4n) is 2.71. The maximum atomic E-state index is 5.47. The zero-order valence-corrected chi connectivity index (χ0v) is 9.71. The van der Waals surface area contributed by atoms with Crippen LogP contribution >= 0.6 is 0 Å². The van der Waals surface area contributed by atoms with Gasteiger partial charge in [-0.15, -0.1) is 0 Å². The van der Waals surface area contributed by atoms with Crippen molar-refractivity contribution in [2.75, 3.05) is 20.3 Å². The van der Waals surface area contributed by atoms with Crippen LogP contribution in [-0.4, -0.2) is 38.5 Å². The van der Waals surface area contributed by atoms with Crippen LogP contribution in [0.1, 0.15) is 38.5 Å². The highest BCUT2D eigenvalue weighted by Gasteiger charge is 2.26. The van der Waals surface area contributed by atoms with E-state index in [0.717, 1.165) is 13.2 Å². The van der Waals surface area contributed by atoms with Crippen molar-refractivity contribution in [2.45, 2.75) is 56.7 Å². The Labute approximate surface area is 92.5 Å². The Balaban J connectivity index is 1.71. The average molecular weight is 213 g/mol. The van der Waals surface area contributed by atoms with Gasteiger partial charge in [0, 0.05) is 32.4 Å². The van der Waals surface area contributed by atoms with Crippen molar-refractivity contribution < 1.29 is 9.47 Å². The molecule has 1 saturated heterocycles. The molecular weight excluding hydrogens is 190 g/mol. The van der Waals surface area contributed by atoms with E-state index in [-0.39, 0.29) is 0 Å². The van der Waals surface area contributed by atoms with Gasteiger partial charge in [0.1, 0.15) is 0 Å². The van der Waals surface area contributed by atoms with Crippen LogP contribution in [0.3, 0.4) is 0 Å².